The number of aryl methyl sites for hydroxylation is 1. The van der Waals surface area contributed by atoms with Crippen LogP contribution in [-0.4, -0.2) is 27.6 Å². The van der Waals surface area contributed by atoms with Crippen LogP contribution in [0.15, 0.2) is 48.9 Å². The monoisotopic (exact) mass is 537 g/mol. The van der Waals surface area contributed by atoms with Gasteiger partial charge in [0, 0.05) is 35.2 Å². The summed E-state index contributed by atoms with van der Waals surface area (Å²) in [5.41, 5.74) is 3.47. The lowest BCUT2D eigenvalue weighted by Gasteiger charge is -2.21. The SMILES string of the molecule is C/C=C\N(CI)c1cc(C)nc2c(OCc3c(Cl)cncc3C(=O)OC)cccc12. The summed E-state index contributed by atoms with van der Waals surface area (Å²) in [6, 6.07) is 7.86. The maximum Gasteiger partial charge on any atom is 0.339 e. The Morgan fingerprint density at radius 1 is 1.33 bits per heavy atom. The number of pyridine rings is 2. The van der Waals surface area contributed by atoms with Gasteiger partial charge in [0.1, 0.15) is 17.9 Å². The van der Waals surface area contributed by atoms with Crippen molar-refractivity contribution in [2.24, 2.45) is 0 Å². The number of halogens is 2. The molecule has 1 aromatic carbocycles. The second-order valence-electron chi connectivity index (χ2n) is 6.43. The van der Waals surface area contributed by atoms with E-state index in [1.807, 2.05) is 44.3 Å². The third kappa shape index (κ3) is 4.67. The second kappa shape index (κ2) is 10.1. The molecule has 0 N–H and O–H groups in total. The highest BCUT2D eigenvalue weighted by Gasteiger charge is 2.18. The number of hydrogen-bond donors (Lipinski definition) is 0. The van der Waals surface area contributed by atoms with Gasteiger partial charge in [0.05, 0.1) is 27.9 Å². The molecule has 0 aliphatic rings. The maximum atomic E-state index is 12.1. The van der Waals surface area contributed by atoms with Crippen LogP contribution in [0.25, 0.3) is 10.9 Å². The van der Waals surface area contributed by atoms with Crippen molar-refractivity contribution in [1.82, 2.24) is 9.97 Å². The molecule has 156 valence electrons. The molecule has 0 radical (unpaired) electrons. The van der Waals surface area contributed by atoms with Gasteiger partial charge in [-0.1, -0.05) is 52.4 Å². The number of hydrogen-bond acceptors (Lipinski definition) is 6. The highest BCUT2D eigenvalue weighted by Crippen LogP contribution is 2.34. The standard InChI is InChI=1S/C22H21ClIN3O3/c1-4-8-27(13-24)19-9-14(2)26-21-15(19)6-5-7-20(21)30-12-17-16(22(28)29-3)10-25-11-18(17)23/h4-11H,12-13H2,1-3H3/b8-4-. The van der Waals surface area contributed by atoms with Crippen LogP contribution in [0, 0.1) is 6.92 Å². The van der Waals surface area contributed by atoms with Gasteiger partial charge < -0.3 is 14.4 Å². The van der Waals surface area contributed by atoms with Crippen molar-refractivity contribution in [2.75, 3.05) is 16.6 Å². The number of allylic oxidation sites excluding steroid dienone is 1. The van der Waals surface area contributed by atoms with Crippen molar-refractivity contribution < 1.29 is 14.3 Å². The van der Waals surface area contributed by atoms with Crippen LogP contribution in [0.1, 0.15) is 28.5 Å². The highest BCUT2D eigenvalue weighted by atomic mass is 127. The second-order valence-corrected chi connectivity index (χ2v) is 7.52. The van der Waals surface area contributed by atoms with Crippen molar-refractivity contribution in [3.8, 4) is 5.75 Å². The van der Waals surface area contributed by atoms with Gasteiger partial charge in [-0.3, -0.25) is 4.98 Å². The number of fused-ring (bicyclic) bond motifs is 1. The fraction of sp³-hybridized carbons (Fsp3) is 0.227. The van der Waals surface area contributed by atoms with E-state index in [1.54, 1.807) is 0 Å². The number of nitrogens with zero attached hydrogens (tertiary/aromatic N) is 3. The van der Waals surface area contributed by atoms with Gasteiger partial charge in [-0.15, -0.1) is 0 Å². The van der Waals surface area contributed by atoms with Crippen molar-refractivity contribution >= 4 is 56.8 Å². The predicted molar refractivity (Wildman–Crippen MR) is 128 cm³/mol. The first-order valence-corrected chi connectivity index (χ1v) is 11.1. The van der Waals surface area contributed by atoms with Crippen LogP contribution in [0.5, 0.6) is 5.75 Å². The van der Waals surface area contributed by atoms with Crippen LogP contribution >= 0.6 is 34.2 Å². The smallest absolute Gasteiger partial charge is 0.339 e. The Balaban J connectivity index is 2.03. The maximum absolute atomic E-state index is 12.1. The number of alkyl halides is 1. The molecule has 0 atom stereocenters. The number of para-hydroxylation sites is 1. The van der Waals surface area contributed by atoms with E-state index in [9.17, 15) is 4.79 Å². The minimum Gasteiger partial charge on any atom is -0.487 e. The minimum atomic E-state index is -0.512. The fourth-order valence-corrected chi connectivity index (χ4v) is 3.90. The molecule has 2 heterocycles. The molecule has 3 aromatic rings. The molecule has 0 saturated heterocycles. The van der Waals surface area contributed by atoms with Gasteiger partial charge in [-0.05, 0) is 26.0 Å². The first kappa shape index (κ1) is 22.3. The molecule has 0 unspecified atom stereocenters. The van der Waals surface area contributed by atoms with Crippen molar-refractivity contribution in [3.63, 3.8) is 0 Å². The zero-order chi connectivity index (χ0) is 21.7. The summed E-state index contributed by atoms with van der Waals surface area (Å²) in [4.78, 5) is 22.9. The summed E-state index contributed by atoms with van der Waals surface area (Å²) in [7, 11) is 1.32. The van der Waals surface area contributed by atoms with Gasteiger partial charge >= 0.3 is 5.97 Å². The number of rotatable bonds is 7. The van der Waals surface area contributed by atoms with Crippen LogP contribution in [0.2, 0.25) is 5.02 Å². The molecule has 8 heteroatoms. The molecule has 0 bridgehead atoms. The number of methoxy groups -OCH3 is 1. The fourth-order valence-electron chi connectivity index (χ4n) is 3.09. The van der Waals surface area contributed by atoms with Crippen molar-refractivity contribution in [1.29, 1.82) is 0 Å². The molecule has 30 heavy (non-hydrogen) atoms. The molecule has 0 amide bonds. The lowest BCUT2D eigenvalue weighted by atomic mass is 10.1. The quantitative estimate of drug-likeness (QED) is 0.167. The highest BCUT2D eigenvalue weighted by molar-refractivity contribution is 14.1. The zero-order valence-electron chi connectivity index (χ0n) is 16.9. The van der Waals surface area contributed by atoms with Crippen LogP contribution < -0.4 is 9.64 Å². The Morgan fingerprint density at radius 3 is 2.83 bits per heavy atom. The Hall–Kier alpha value is -2.39. The predicted octanol–water partition coefficient (Wildman–Crippen LogP) is 5.69. The van der Waals surface area contributed by atoms with Gasteiger partial charge in [0.2, 0.25) is 0 Å². The average Bonchev–Trinajstić information content (AvgIpc) is 2.75. The molecule has 0 spiro atoms. The first-order chi connectivity index (χ1) is 14.5. The van der Waals surface area contributed by atoms with E-state index in [1.165, 1.54) is 19.5 Å². The zero-order valence-corrected chi connectivity index (χ0v) is 19.8. The van der Waals surface area contributed by atoms with E-state index >= 15 is 0 Å². The lowest BCUT2D eigenvalue weighted by Crippen LogP contribution is -2.14. The summed E-state index contributed by atoms with van der Waals surface area (Å²) in [6.45, 7) is 4.03. The molecular weight excluding hydrogens is 517 g/mol. The summed E-state index contributed by atoms with van der Waals surface area (Å²) < 4.78 is 11.7. The van der Waals surface area contributed by atoms with Crippen LogP contribution in [-0.2, 0) is 11.3 Å². The average molecular weight is 538 g/mol. The number of anilines is 1. The molecule has 3 rings (SSSR count). The number of ether oxygens (including phenoxy) is 2. The Labute approximate surface area is 194 Å². The van der Waals surface area contributed by atoms with E-state index in [-0.39, 0.29) is 12.2 Å². The normalized spacial score (nSPS) is 11.1. The number of esters is 1. The third-order valence-electron chi connectivity index (χ3n) is 4.46. The van der Waals surface area contributed by atoms with E-state index in [4.69, 9.17) is 26.1 Å². The Kier molecular flexibility index (Phi) is 7.49. The Morgan fingerprint density at radius 2 is 2.13 bits per heavy atom. The summed E-state index contributed by atoms with van der Waals surface area (Å²) in [5.74, 6) is 0.0943. The molecule has 0 fully saturated rings. The van der Waals surface area contributed by atoms with Gasteiger partial charge in [0.15, 0.2) is 0 Å². The largest absolute Gasteiger partial charge is 0.487 e. The summed E-state index contributed by atoms with van der Waals surface area (Å²) in [6.07, 6.45) is 6.94. The van der Waals surface area contributed by atoms with Gasteiger partial charge in [-0.2, -0.15) is 0 Å². The van der Waals surface area contributed by atoms with Crippen molar-refractivity contribution in [3.05, 3.63) is 70.8 Å². The van der Waals surface area contributed by atoms with Gasteiger partial charge in [-0.25, -0.2) is 9.78 Å². The van der Waals surface area contributed by atoms with E-state index < -0.39 is 5.97 Å². The number of carbonyl (C=O) groups excluding carboxylic acids is 1. The van der Waals surface area contributed by atoms with E-state index in [0.29, 0.717) is 16.3 Å². The first-order valence-electron chi connectivity index (χ1n) is 9.19. The van der Waals surface area contributed by atoms with Crippen LogP contribution in [0.3, 0.4) is 0 Å². The van der Waals surface area contributed by atoms with Crippen molar-refractivity contribution in [2.45, 2.75) is 20.5 Å². The Bertz CT molecular complexity index is 1100. The third-order valence-corrected chi connectivity index (χ3v) is 5.52. The summed E-state index contributed by atoms with van der Waals surface area (Å²) in [5, 5.41) is 1.31. The minimum absolute atomic E-state index is 0.0840. The molecule has 0 aliphatic heterocycles. The molecule has 2 aromatic heterocycles. The topological polar surface area (TPSA) is 64.5 Å². The van der Waals surface area contributed by atoms with Crippen LogP contribution in [0.4, 0.5) is 5.69 Å². The number of aromatic nitrogens is 2. The van der Waals surface area contributed by atoms with E-state index in [2.05, 4.69) is 38.5 Å². The molecule has 0 aliphatic carbocycles. The van der Waals surface area contributed by atoms with Gasteiger partial charge in [0.25, 0.3) is 0 Å². The molecular formula is C22H21ClIN3O3. The molecule has 0 saturated carbocycles. The number of benzene rings is 1. The number of carbonyl (C=O) groups is 1. The van der Waals surface area contributed by atoms with E-state index in [0.717, 1.165) is 26.8 Å². The molecule has 6 nitrogen and oxygen atoms in total. The lowest BCUT2D eigenvalue weighted by molar-refractivity contribution is 0.0597. The summed E-state index contributed by atoms with van der Waals surface area (Å²) >= 11 is 8.61.